The van der Waals surface area contributed by atoms with E-state index in [0.29, 0.717) is 6.54 Å². The van der Waals surface area contributed by atoms with Crippen LogP contribution >= 0.6 is 0 Å². The van der Waals surface area contributed by atoms with Gasteiger partial charge in [0.25, 0.3) is 0 Å². The van der Waals surface area contributed by atoms with Crippen LogP contribution < -0.4 is 16.0 Å². The average molecular weight is 261 g/mol. The molecule has 0 fully saturated rings. The van der Waals surface area contributed by atoms with Gasteiger partial charge in [-0.15, -0.1) is 0 Å². The third kappa shape index (κ3) is 8.34. The van der Waals surface area contributed by atoms with Crippen LogP contribution in [0.3, 0.4) is 0 Å². The van der Waals surface area contributed by atoms with Crippen LogP contribution in [-0.2, 0) is 9.59 Å². The first-order valence-electron chi connectivity index (χ1n) is 5.66. The molecule has 0 unspecified atom stereocenters. The van der Waals surface area contributed by atoms with Crippen LogP contribution in [0.5, 0.6) is 0 Å². The molecule has 0 saturated heterocycles. The number of aliphatic carboxylic acids is 1. The second-order valence-corrected chi connectivity index (χ2v) is 3.60. The van der Waals surface area contributed by atoms with Gasteiger partial charge in [0, 0.05) is 19.5 Å². The van der Waals surface area contributed by atoms with Crippen LogP contribution in [0.2, 0.25) is 0 Å². The van der Waals surface area contributed by atoms with E-state index in [9.17, 15) is 14.4 Å². The Hall–Kier alpha value is -1.83. The Balaban J connectivity index is 3.60. The SMILES string of the molecule is CCCNC(=O)CNC(=O)NCC[C@H](O)C(=O)O. The van der Waals surface area contributed by atoms with Gasteiger partial charge in [0.15, 0.2) is 6.10 Å². The van der Waals surface area contributed by atoms with Gasteiger partial charge in [0.2, 0.25) is 5.91 Å². The fourth-order valence-electron chi connectivity index (χ4n) is 0.996. The highest BCUT2D eigenvalue weighted by Crippen LogP contribution is 1.88. The van der Waals surface area contributed by atoms with E-state index in [0.717, 1.165) is 6.42 Å². The Morgan fingerprint density at radius 2 is 1.78 bits per heavy atom. The van der Waals surface area contributed by atoms with Crippen molar-refractivity contribution in [1.29, 1.82) is 0 Å². The number of carbonyl (C=O) groups excluding carboxylic acids is 2. The molecular weight excluding hydrogens is 242 g/mol. The number of carboxylic acids is 1. The van der Waals surface area contributed by atoms with E-state index in [-0.39, 0.29) is 25.4 Å². The van der Waals surface area contributed by atoms with Crippen LogP contribution in [0.1, 0.15) is 19.8 Å². The first-order chi connectivity index (χ1) is 8.47. The Kier molecular flexibility index (Phi) is 8.29. The summed E-state index contributed by atoms with van der Waals surface area (Å²) in [6.07, 6.45) is -0.784. The van der Waals surface area contributed by atoms with E-state index in [2.05, 4.69) is 16.0 Å². The molecule has 1 atom stereocenters. The molecule has 0 radical (unpaired) electrons. The predicted octanol–water partition coefficient (Wildman–Crippen LogP) is -1.35. The monoisotopic (exact) mass is 261 g/mol. The molecule has 104 valence electrons. The van der Waals surface area contributed by atoms with Crippen LogP contribution in [0.25, 0.3) is 0 Å². The van der Waals surface area contributed by atoms with Gasteiger partial charge in [-0.3, -0.25) is 4.79 Å². The summed E-state index contributed by atoms with van der Waals surface area (Å²) in [5.74, 6) is -1.63. The quantitative estimate of drug-likeness (QED) is 0.369. The maximum atomic E-state index is 11.1. The molecule has 3 amide bonds. The molecule has 18 heavy (non-hydrogen) atoms. The number of aliphatic hydroxyl groups excluding tert-OH is 1. The predicted molar refractivity (Wildman–Crippen MR) is 63.0 cm³/mol. The molecule has 0 bridgehead atoms. The number of urea groups is 1. The molecule has 0 aromatic rings. The van der Waals surface area contributed by atoms with Crippen molar-refractivity contribution in [3.63, 3.8) is 0 Å². The second-order valence-electron chi connectivity index (χ2n) is 3.60. The molecule has 8 heteroatoms. The molecule has 0 aliphatic carbocycles. The van der Waals surface area contributed by atoms with E-state index < -0.39 is 18.1 Å². The third-order valence-corrected chi connectivity index (χ3v) is 1.97. The standard InChI is InChI=1S/C10H19N3O5/c1-2-4-11-8(15)6-13-10(18)12-5-3-7(14)9(16)17/h7,14H,2-6H2,1H3,(H,11,15)(H,16,17)(H2,12,13,18)/t7-/m0/s1. The lowest BCUT2D eigenvalue weighted by Gasteiger charge is -2.09. The van der Waals surface area contributed by atoms with Crippen molar-refractivity contribution in [3.8, 4) is 0 Å². The fraction of sp³-hybridized carbons (Fsp3) is 0.700. The van der Waals surface area contributed by atoms with Crippen LogP contribution in [0.4, 0.5) is 4.79 Å². The fourth-order valence-corrected chi connectivity index (χ4v) is 0.996. The Morgan fingerprint density at radius 1 is 1.11 bits per heavy atom. The average Bonchev–Trinajstić information content (AvgIpc) is 2.33. The lowest BCUT2D eigenvalue weighted by molar-refractivity contribution is -0.146. The number of hydrogen-bond donors (Lipinski definition) is 5. The summed E-state index contributed by atoms with van der Waals surface area (Å²) in [6, 6.07) is -0.584. The molecule has 0 aromatic heterocycles. The van der Waals surface area contributed by atoms with Crippen molar-refractivity contribution in [2.75, 3.05) is 19.6 Å². The summed E-state index contributed by atoms with van der Waals surface area (Å²) in [5.41, 5.74) is 0. The summed E-state index contributed by atoms with van der Waals surface area (Å²) in [7, 11) is 0. The molecule has 0 spiro atoms. The maximum absolute atomic E-state index is 11.1. The maximum Gasteiger partial charge on any atom is 0.332 e. The number of carboxylic acid groups (broad SMARTS) is 1. The zero-order chi connectivity index (χ0) is 14.0. The topological polar surface area (TPSA) is 128 Å². The van der Waals surface area contributed by atoms with E-state index in [1.807, 2.05) is 6.92 Å². The number of amides is 3. The number of rotatable bonds is 8. The molecular formula is C10H19N3O5. The highest BCUT2D eigenvalue weighted by atomic mass is 16.4. The first-order valence-corrected chi connectivity index (χ1v) is 5.66. The Labute approximate surface area is 105 Å². The summed E-state index contributed by atoms with van der Waals surface area (Å²) in [4.78, 5) is 32.5. The number of aliphatic hydroxyl groups is 1. The molecule has 0 rings (SSSR count). The molecule has 0 aliphatic rings. The van der Waals surface area contributed by atoms with Gasteiger partial charge in [-0.25, -0.2) is 9.59 Å². The number of nitrogens with one attached hydrogen (secondary N) is 3. The van der Waals surface area contributed by atoms with Crippen molar-refractivity contribution in [1.82, 2.24) is 16.0 Å². The van der Waals surface area contributed by atoms with Crippen LogP contribution in [-0.4, -0.2) is 53.9 Å². The van der Waals surface area contributed by atoms with Crippen molar-refractivity contribution in [3.05, 3.63) is 0 Å². The Bertz CT molecular complexity index is 295. The van der Waals surface area contributed by atoms with Gasteiger partial charge in [0.1, 0.15) is 0 Å². The minimum atomic E-state index is -1.50. The smallest absolute Gasteiger partial charge is 0.332 e. The van der Waals surface area contributed by atoms with E-state index >= 15 is 0 Å². The van der Waals surface area contributed by atoms with E-state index in [4.69, 9.17) is 10.2 Å². The van der Waals surface area contributed by atoms with E-state index in [1.165, 1.54) is 0 Å². The van der Waals surface area contributed by atoms with Crippen LogP contribution in [0.15, 0.2) is 0 Å². The number of hydrogen-bond acceptors (Lipinski definition) is 4. The summed E-state index contributed by atoms with van der Waals surface area (Å²) in [6.45, 7) is 2.32. The van der Waals surface area contributed by atoms with Gasteiger partial charge < -0.3 is 26.2 Å². The van der Waals surface area contributed by atoms with E-state index in [1.54, 1.807) is 0 Å². The summed E-state index contributed by atoms with van der Waals surface area (Å²) >= 11 is 0. The normalized spacial score (nSPS) is 11.4. The highest BCUT2D eigenvalue weighted by molar-refractivity contribution is 5.83. The van der Waals surface area contributed by atoms with Gasteiger partial charge in [0.05, 0.1) is 6.54 Å². The first kappa shape index (κ1) is 16.2. The van der Waals surface area contributed by atoms with Gasteiger partial charge in [-0.05, 0) is 6.42 Å². The third-order valence-electron chi connectivity index (χ3n) is 1.97. The lowest BCUT2D eigenvalue weighted by Crippen LogP contribution is -2.43. The highest BCUT2D eigenvalue weighted by Gasteiger charge is 2.12. The molecule has 0 heterocycles. The summed E-state index contributed by atoms with van der Waals surface area (Å²) < 4.78 is 0. The van der Waals surface area contributed by atoms with Gasteiger partial charge in [-0.2, -0.15) is 0 Å². The lowest BCUT2D eigenvalue weighted by atomic mass is 10.2. The molecule has 0 aromatic carbocycles. The van der Waals surface area contributed by atoms with Gasteiger partial charge in [-0.1, -0.05) is 6.92 Å². The zero-order valence-electron chi connectivity index (χ0n) is 10.2. The van der Waals surface area contributed by atoms with Crippen molar-refractivity contribution in [2.45, 2.75) is 25.9 Å². The molecule has 0 aliphatic heterocycles. The number of carbonyl (C=O) groups is 3. The zero-order valence-corrected chi connectivity index (χ0v) is 10.2. The molecule has 0 saturated carbocycles. The molecule has 5 N–H and O–H groups in total. The van der Waals surface area contributed by atoms with Crippen LogP contribution in [0, 0.1) is 0 Å². The largest absolute Gasteiger partial charge is 0.479 e. The van der Waals surface area contributed by atoms with Crippen molar-refractivity contribution < 1.29 is 24.6 Å². The van der Waals surface area contributed by atoms with Crippen molar-refractivity contribution in [2.24, 2.45) is 0 Å². The molecule has 8 nitrogen and oxygen atoms in total. The Morgan fingerprint density at radius 3 is 2.33 bits per heavy atom. The van der Waals surface area contributed by atoms with Gasteiger partial charge >= 0.3 is 12.0 Å². The minimum Gasteiger partial charge on any atom is -0.479 e. The minimum absolute atomic E-state index is 0.00980. The second kappa shape index (κ2) is 9.23. The van der Waals surface area contributed by atoms with Crippen molar-refractivity contribution >= 4 is 17.9 Å². The summed E-state index contributed by atoms with van der Waals surface area (Å²) in [5, 5.41) is 24.5.